The lowest BCUT2D eigenvalue weighted by Crippen LogP contribution is -2.30. The van der Waals surface area contributed by atoms with Crippen molar-refractivity contribution in [3.05, 3.63) is 93.9 Å². The number of benzene rings is 2. The predicted molar refractivity (Wildman–Crippen MR) is 95.2 cm³/mol. The molecular weight excluding hydrogens is 345 g/mol. The molecule has 1 heterocycles. The predicted octanol–water partition coefficient (Wildman–Crippen LogP) is 5.43. The van der Waals surface area contributed by atoms with E-state index >= 15 is 0 Å². The highest BCUT2D eigenvalue weighted by atomic mass is 35.5. The third-order valence-corrected chi connectivity index (χ3v) is 3.98. The molecule has 0 aliphatic heterocycles. The van der Waals surface area contributed by atoms with Crippen LogP contribution in [0.2, 0.25) is 10.0 Å². The summed E-state index contributed by atoms with van der Waals surface area (Å²) in [6, 6.07) is 18.3. The van der Waals surface area contributed by atoms with Gasteiger partial charge in [-0.1, -0.05) is 53.5 Å². The van der Waals surface area contributed by atoms with Crippen molar-refractivity contribution in [2.75, 3.05) is 0 Å². The number of carbonyl (C=O) groups is 1. The first kappa shape index (κ1) is 16.6. The van der Waals surface area contributed by atoms with Crippen molar-refractivity contribution >= 4 is 29.1 Å². The van der Waals surface area contributed by atoms with Crippen LogP contribution in [0.25, 0.3) is 0 Å². The molecule has 0 unspecified atom stereocenters. The van der Waals surface area contributed by atoms with Gasteiger partial charge in [-0.15, -0.1) is 0 Å². The molecule has 0 N–H and O–H groups in total. The summed E-state index contributed by atoms with van der Waals surface area (Å²) < 4.78 is 5.39. The number of hydrogen-bond acceptors (Lipinski definition) is 2. The average molecular weight is 360 g/mol. The largest absolute Gasteiger partial charge is 0.467 e. The van der Waals surface area contributed by atoms with Crippen LogP contribution in [-0.4, -0.2) is 10.8 Å². The van der Waals surface area contributed by atoms with Crippen molar-refractivity contribution < 1.29 is 9.21 Å². The minimum Gasteiger partial charge on any atom is -0.467 e. The van der Waals surface area contributed by atoms with Crippen molar-refractivity contribution in [3.63, 3.8) is 0 Å². The van der Waals surface area contributed by atoms with Crippen LogP contribution < -0.4 is 0 Å². The molecule has 3 rings (SSSR count). The van der Waals surface area contributed by atoms with Crippen LogP contribution >= 0.6 is 23.2 Å². The Kier molecular flexibility index (Phi) is 5.24. The van der Waals surface area contributed by atoms with Gasteiger partial charge in [-0.3, -0.25) is 4.79 Å². The SMILES string of the molecule is O=C(c1cc(Cl)cc(Cl)c1)N(Cc1ccccc1)Cc1ccco1. The van der Waals surface area contributed by atoms with Crippen molar-refractivity contribution in [2.24, 2.45) is 0 Å². The number of amides is 1. The summed E-state index contributed by atoms with van der Waals surface area (Å²) in [4.78, 5) is 14.7. The summed E-state index contributed by atoms with van der Waals surface area (Å²) in [5, 5.41) is 0.868. The van der Waals surface area contributed by atoms with Gasteiger partial charge in [-0.05, 0) is 35.9 Å². The number of halogens is 2. The summed E-state index contributed by atoms with van der Waals surface area (Å²) in [5.41, 5.74) is 1.49. The lowest BCUT2D eigenvalue weighted by atomic mass is 10.1. The van der Waals surface area contributed by atoms with Crippen LogP contribution in [0.5, 0.6) is 0 Å². The first-order chi connectivity index (χ1) is 11.6. The smallest absolute Gasteiger partial charge is 0.254 e. The molecule has 3 nitrogen and oxygen atoms in total. The molecule has 1 amide bonds. The third kappa shape index (κ3) is 4.19. The zero-order chi connectivity index (χ0) is 16.9. The Morgan fingerprint density at radius 2 is 1.62 bits per heavy atom. The van der Waals surface area contributed by atoms with E-state index in [-0.39, 0.29) is 5.91 Å². The second-order valence-corrected chi connectivity index (χ2v) is 6.26. The lowest BCUT2D eigenvalue weighted by molar-refractivity contribution is 0.0717. The normalized spacial score (nSPS) is 10.6. The molecule has 0 saturated heterocycles. The van der Waals surface area contributed by atoms with Crippen LogP contribution in [0.1, 0.15) is 21.7 Å². The summed E-state index contributed by atoms with van der Waals surface area (Å²) in [7, 11) is 0. The maximum absolute atomic E-state index is 12.9. The van der Waals surface area contributed by atoms with Crippen molar-refractivity contribution in [1.29, 1.82) is 0 Å². The van der Waals surface area contributed by atoms with E-state index in [9.17, 15) is 4.79 Å². The van der Waals surface area contributed by atoms with E-state index in [4.69, 9.17) is 27.6 Å². The minimum atomic E-state index is -0.153. The van der Waals surface area contributed by atoms with Gasteiger partial charge in [0, 0.05) is 22.2 Å². The van der Waals surface area contributed by atoms with Crippen LogP contribution in [-0.2, 0) is 13.1 Å². The van der Waals surface area contributed by atoms with E-state index in [0.717, 1.165) is 5.56 Å². The number of rotatable bonds is 5. The van der Waals surface area contributed by atoms with Crippen molar-refractivity contribution in [2.45, 2.75) is 13.1 Å². The molecule has 1 aromatic heterocycles. The maximum Gasteiger partial charge on any atom is 0.254 e. The Morgan fingerprint density at radius 1 is 0.917 bits per heavy atom. The second kappa shape index (κ2) is 7.56. The quantitative estimate of drug-likeness (QED) is 0.608. The first-order valence-corrected chi connectivity index (χ1v) is 8.19. The molecule has 0 saturated carbocycles. The van der Waals surface area contributed by atoms with E-state index < -0.39 is 0 Å². The third-order valence-electron chi connectivity index (χ3n) is 3.54. The van der Waals surface area contributed by atoms with Gasteiger partial charge in [0.1, 0.15) is 5.76 Å². The van der Waals surface area contributed by atoms with E-state index in [0.29, 0.717) is 34.5 Å². The van der Waals surface area contributed by atoms with Gasteiger partial charge in [-0.25, -0.2) is 0 Å². The van der Waals surface area contributed by atoms with Crippen LogP contribution in [0.4, 0.5) is 0 Å². The average Bonchev–Trinajstić information content (AvgIpc) is 3.07. The number of furan rings is 1. The zero-order valence-corrected chi connectivity index (χ0v) is 14.3. The number of nitrogens with zero attached hydrogens (tertiary/aromatic N) is 1. The van der Waals surface area contributed by atoms with E-state index in [1.54, 1.807) is 35.4 Å². The van der Waals surface area contributed by atoms with Gasteiger partial charge < -0.3 is 9.32 Å². The summed E-state index contributed by atoms with van der Waals surface area (Å²) in [5.74, 6) is 0.562. The fourth-order valence-corrected chi connectivity index (χ4v) is 2.98. The monoisotopic (exact) mass is 359 g/mol. The van der Waals surface area contributed by atoms with E-state index in [2.05, 4.69) is 0 Å². The van der Waals surface area contributed by atoms with Crippen molar-refractivity contribution in [1.82, 2.24) is 4.90 Å². The standard InChI is InChI=1S/C19H15Cl2NO2/c20-16-9-15(10-17(21)11-16)19(23)22(13-18-7-4-8-24-18)12-14-5-2-1-3-6-14/h1-11H,12-13H2. The van der Waals surface area contributed by atoms with Crippen LogP contribution in [0.3, 0.4) is 0 Å². The summed E-state index contributed by atoms with van der Waals surface area (Å²) in [6.07, 6.45) is 1.59. The molecule has 24 heavy (non-hydrogen) atoms. The molecule has 0 spiro atoms. The topological polar surface area (TPSA) is 33.5 Å². The first-order valence-electron chi connectivity index (χ1n) is 7.43. The van der Waals surface area contributed by atoms with Gasteiger partial charge in [0.05, 0.1) is 12.8 Å². The molecule has 0 atom stereocenters. The van der Waals surface area contributed by atoms with Crippen molar-refractivity contribution in [3.8, 4) is 0 Å². The second-order valence-electron chi connectivity index (χ2n) is 5.38. The Balaban J connectivity index is 1.89. The number of hydrogen-bond donors (Lipinski definition) is 0. The highest BCUT2D eigenvalue weighted by molar-refractivity contribution is 6.35. The Morgan fingerprint density at radius 3 is 2.25 bits per heavy atom. The molecule has 0 aliphatic rings. The zero-order valence-electron chi connectivity index (χ0n) is 12.8. The molecule has 2 aromatic carbocycles. The Bertz CT molecular complexity index is 796. The highest BCUT2D eigenvalue weighted by Crippen LogP contribution is 2.22. The molecule has 122 valence electrons. The molecule has 5 heteroatoms. The van der Waals surface area contributed by atoms with Gasteiger partial charge in [0.15, 0.2) is 0 Å². The fraction of sp³-hybridized carbons (Fsp3) is 0.105. The van der Waals surface area contributed by atoms with Crippen LogP contribution in [0.15, 0.2) is 71.3 Å². The van der Waals surface area contributed by atoms with Gasteiger partial charge >= 0.3 is 0 Å². The lowest BCUT2D eigenvalue weighted by Gasteiger charge is -2.22. The molecule has 0 fully saturated rings. The molecular formula is C19H15Cl2NO2. The fourth-order valence-electron chi connectivity index (χ4n) is 2.45. The van der Waals surface area contributed by atoms with E-state index in [1.807, 2.05) is 36.4 Å². The minimum absolute atomic E-state index is 0.153. The molecule has 0 bridgehead atoms. The van der Waals surface area contributed by atoms with Gasteiger partial charge in [0.2, 0.25) is 0 Å². The van der Waals surface area contributed by atoms with Crippen LogP contribution in [0, 0.1) is 0 Å². The van der Waals surface area contributed by atoms with Gasteiger partial charge in [0.25, 0.3) is 5.91 Å². The summed E-state index contributed by atoms with van der Waals surface area (Å²) in [6.45, 7) is 0.829. The number of carbonyl (C=O) groups excluding carboxylic acids is 1. The summed E-state index contributed by atoms with van der Waals surface area (Å²) >= 11 is 12.1. The Hall–Kier alpha value is -2.23. The van der Waals surface area contributed by atoms with Gasteiger partial charge in [-0.2, -0.15) is 0 Å². The molecule has 3 aromatic rings. The Labute approximate surface area is 150 Å². The molecule has 0 radical (unpaired) electrons. The van der Waals surface area contributed by atoms with E-state index in [1.165, 1.54) is 0 Å². The maximum atomic E-state index is 12.9. The molecule has 0 aliphatic carbocycles. The highest BCUT2D eigenvalue weighted by Gasteiger charge is 2.18.